The largest absolute Gasteiger partial charge is 0.479 e. The van der Waals surface area contributed by atoms with Gasteiger partial charge < -0.3 is 19.3 Å². The van der Waals surface area contributed by atoms with Crippen LogP contribution in [0.3, 0.4) is 0 Å². The van der Waals surface area contributed by atoms with Crippen LogP contribution in [0.15, 0.2) is 53.5 Å². The average Bonchev–Trinajstić information content (AvgIpc) is 3.15. The van der Waals surface area contributed by atoms with E-state index in [1.54, 1.807) is 0 Å². The third-order valence-corrected chi connectivity index (χ3v) is 4.58. The Labute approximate surface area is 167 Å². The lowest BCUT2D eigenvalue weighted by atomic mass is 9.95. The van der Waals surface area contributed by atoms with Crippen molar-refractivity contribution in [2.45, 2.75) is 51.7 Å². The number of fused-ring (bicyclic) bond motifs is 1. The Kier molecular flexibility index (Phi) is 6.57. The van der Waals surface area contributed by atoms with Crippen LogP contribution < -0.4 is 9.47 Å². The molecule has 5 nitrogen and oxygen atoms in total. The molecule has 5 heteroatoms. The predicted molar refractivity (Wildman–Crippen MR) is 110 cm³/mol. The lowest BCUT2D eigenvalue weighted by Gasteiger charge is -2.24. The van der Waals surface area contributed by atoms with Crippen molar-refractivity contribution in [2.75, 3.05) is 13.4 Å². The summed E-state index contributed by atoms with van der Waals surface area (Å²) in [7, 11) is 0. The van der Waals surface area contributed by atoms with Crippen LogP contribution in [-0.4, -0.2) is 29.9 Å². The van der Waals surface area contributed by atoms with E-state index in [0.29, 0.717) is 18.9 Å². The van der Waals surface area contributed by atoms with Crippen LogP contribution in [0.4, 0.5) is 0 Å². The highest BCUT2D eigenvalue weighted by Crippen LogP contribution is 2.34. The number of rotatable bonds is 8. The van der Waals surface area contributed by atoms with Gasteiger partial charge >= 0.3 is 0 Å². The molecule has 2 aromatic carbocycles. The molecule has 1 atom stereocenters. The molecule has 1 N–H and O–H groups in total. The topological polar surface area (TPSA) is 60.3 Å². The van der Waals surface area contributed by atoms with E-state index in [1.165, 1.54) is 0 Å². The first-order valence-electron chi connectivity index (χ1n) is 9.82. The van der Waals surface area contributed by atoms with Crippen LogP contribution in [0, 0.1) is 0 Å². The number of unbranched alkanes of at least 4 members (excludes halogenated alkanes) is 1. The van der Waals surface area contributed by atoms with E-state index in [0.717, 1.165) is 35.5 Å². The van der Waals surface area contributed by atoms with Gasteiger partial charge in [-0.3, -0.25) is 0 Å². The van der Waals surface area contributed by atoms with Gasteiger partial charge in [-0.2, -0.15) is 0 Å². The SMILES string of the molecule is CCCCOC(=NC(C)(C)Cc1ccc2c(c1)OCO2)C(O)c1ccccc1. The number of aliphatic imine (C=N–C) groups is 1. The summed E-state index contributed by atoms with van der Waals surface area (Å²) in [5.74, 6) is 1.90. The minimum absolute atomic E-state index is 0.263. The Morgan fingerprint density at radius 3 is 2.64 bits per heavy atom. The summed E-state index contributed by atoms with van der Waals surface area (Å²) in [4.78, 5) is 4.82. The van der Waals surface area contributed by atoms with Gasteiger partial charge in [0.2, 0.25) is 12.7 Å². The van der Waals surface area contributed by atoms with E-state index in [9.17, 15) is 5.11 Å². The van der Waals surface area contributed by atoms with E-state index in [1.807, 2.05) is 62.4 Å². The molecule has 28 heavy (non-hydrogen) atoms. The van der Waals surface area contributed by atoms with Gasteiger partial charge in [0.05, 0.1) is 12.1 Å². The normalized spacial score (nSPS) is 14.8. The number of ether oxygens (including phenoxy) is 3. The molecule has 0 spiro atoms. The van der Waals surface area contributed by atoms with Crippen LogP contribution in [0.1, 0.15) is 50.8 Å². The van der Waals surface area contributed by atoms with Crippen LogP contribution in [-0.2, 0) is 11.2 Å². The van der Waals surface area contributed by atoms with E-state index in [4.69, 9.17) is 19.2 Å². The fourth-order valence-electron chi connectivity index (χ4n) is 3.16. The summed E-state index contributed by atoms with van der Waals surface area (Å²) in [6.45, 7) is 6.99. The second-order valence-electron chi connectivity index (χ2n) is 7.64. The molecular weight excluding hydrogens is 354 g/mol. The smallest absolute Gasteiger partial charge is 0.231 e. The van der Waals surface area contributed by atoms with E-state index >= 15 is 0 Å². The molecule has 1 unspecified atom stereocenters. The molecule has 150 valence electrons. The monoisotopic (exact) mass is 383 g/mol. The Balaban J connectivity index is 1.80. The summed E-state index contributed by atoms with van der Waals surface area (Å²) in [6, 6.07) is 15.4. The Bertz CT molecular complexity index is 802. The predicted octanol–water partition coefficient (Wildman–Crippen LogP) is 4.69. The van der Waals surface area contributed by atoms with Crippen molar-refractivity contribution in [3.05, 3.63) is 59.7 Å². The second-order valence-corrected chi connectivity index (χ2v) is 7.64. The van der Waals surface area contributed by atoms with Gasteiger partial charge in [-0.1, -0.05) is 49.7 Å². The van der Waals surface area contributed by atoms with Crippen LogP contribution in [0.25, 0.3) is 0 Å². The molecule has 1 aliphatic rings. The lowest BCUT2D eigenvalue weighted by Crippen LogP contribution is -2.27. The Hall–Kier alpha value is -2.53. The highest BCUT2D eigenvalue weighted by atomic mass is 16.7. The zero-order valence-electron chi connectivity index (χ0n) is 16.9. The van der Waals surface area contributed by atoms with Crippen molar-refractivity contribution in [1.29, 1.82) is 0 Å². The number of hydrogen-bond donors (Lipinski definition) is 1. The molecule has 0 saturated carbocycles. The van der Waals surface area contributed by atoms with Gasteiger partial charge in [-0.05, 0) is 49.9 Å². The van der Waals surface area contributed by atoms with Gasteiger partial charge in [-0.25, -0.2) is 4.99 Å². The van der Waals surface area contributed by atoms with Crippen molar-refractivity contribution < 1.29 is 19.3 Å². The van der Waals surface area contributed by atoms with E-state index in [-0.39, 0.29) is 6.79 Å². The minimum Gasteiger partial charge on any atom is -0.479 e. The molecule has 1 aliphatic heterocycles. The highest BCUT2D eigenvalue weighted by molar-refractivity contribution is 5.82. The fourth-order valence-corrected chi connectivity index (χ4v) is 3.16. The quantitative estimate of drug-likeness (QED) is 0.408. The van der Waals surface area contributed by atoms with E-state index < -0.39 is 11.6 Å². The van der Waals surface area contributed by atoms with E-state index in [2.05, 4.69) is 6.92 Å². The first-order chi connectivity index (χ1) is 13.5. The third-order valence-electron chi connectivity index (χ3n) is 4.58. The van der Waals surface area contributed by atoms with Crippen molar-refractivity contribution in [3.63, 3.8) is 0 Å². The average molecular weight is 383 g/mol. The summed E-state index contributed by atoms with van der Waals surface area (Å²) < 4.78 is 16.8. The summed E-state index contributed by atoms with van der Waals surface area (Å²) in [5.41, 5.74) is 1.42. The van der Waals surface area contributed by atoms with Crippen LogP contribution >= 0.6 is 0 Å². The summed E-state index contributed by atoms with van der Waals surface area (Å²) >= 11 is 0. The molecule has 0 fully saturated rings. The lowest BCUT2D eigenvalue weighted by molar-refractivity contribution is 0.174. The molecule has 3 rings (SSSR count). The number of aliphatic hydroxyl groups excluding tert-OH is 1. The van der Waals surface area contributed by atoms with Gasteiger partial charge in [0, 0.05) is 0 Å². The van der Waals surface area contributed by atoms with Crippen molar-refractivity contribution in [2.24, 2.45) is 4.99 Å². The zero-order valence-corrected chi connectivity index (χ0v) is 16.9. The third kappa shape index (κ3) is 5.26. The molecule has 0 radical (unpaired) electrons. The van der Waals surface area contributed by atoms with Crippen molar-refractivity contribution >= 4 is 5.90 Å². The zero-order chi connectivity index (χ0) is 20.0. The fraction of sp³-hybridized carbons (Fsp3) is 0.435. The minimum atomic E-state index is -0.880. The standard InChI is InChI=1S/C23H29NO4/c1-4-5-13-26-22(21(25)18-9-7-6-8-10-18)24-23(2,3)15-17-11-12-19-20(14-17)28-16-27-19/h6-12,14,21,25H,4-5,13,15-16H2,1-3H3. The first kappa shape index (κ1) is 20.2. The maximum absolute atomic E-state index is 10.8. The van der Waals surface area contributed by atoms with Crippen LogP contribution in [0.5, 0.6) is 11.5 Å². The maximum atomic E-state index is 10.8. The van der Waals surface area contributed by atoms with Crippen molar-refractivity contribution in [1.82, 2.24) is 0 Å². The molecule has 0 bridgehead atoms. The maximum Gasteiger partial charge on any atom is 0.231 e. The second kappa shape index (κ2) is 9.11. The van der Waals surface area contributed by atoms with Crippen LogP contribution in [0.2, 0.25) is 0 Å². The molecule has 1 heterocycles. The number of hydrogen-bond acceptors (Lipinski definition) is 5. The van der Waals surface area contributed by atoms with Gasteiger partial charge in [0.1, 0.15) is 0 Å². The number of benzene rings is 2. The molecule has 0 saturated heterocycles. The highest BCUT2D eigenvalue weighted by Gasteiger charge is 2.25. The first-order valence-corrected chi connectivity index (χ1v) is 9.82. The Morgan fingerprint density at radius 1 is 1.14 bits per heavy atom. The summed E-state index contributed by atoms with van der Waals surface area (Å²) in [6.07, 6.45) is 1.75. The molecule has 0 aromatic heterocycles. The number of nitrogens with zero attached hydrogens (tertiary/aromatic N) is 1. The molecule has 0 aliphatic carbocycles. The van der Waals surface area contributed by atoms with Gasteiger partial charge in [0.25, 0.3) is 0 Å². The van der Waals surface area contributed by atoms with Gasteiger partial charge in [0.15, 0.2) is 17.6 Å². The number of aliphatic hydroxyl groups is 1. The molecule has 0 amide bonds. The molecule has 2 aromatic rings. The Morgan fingerprint density at radius 2 is 1.89 bits per heavy atom. The summed E-state index contributed by atoms with van der Waals surface area (Å²) in [5, 5.41) is 10.8. The van der Waals surface area contributed by atoms with Crippen molar-refractivity contribution in [3.8, 4) is 11.5 Å². The van der Waals surface area contributed by atoms with Gasteiger partial charge in [-0.15, -0.1) is 0 Å². The molecular formula is C23H29NO4.